The fourth-order valence-electron chi connectivity index (χ4n) is 2.79. The van der Waals surface area contributed by atoms with Crippen LogP contribution in [-0.4, -0.2) is 47.9 Å². The minimum absolute atomic E-state index is 0.0111. The summed E-state index contributed by atoms with van der Waals surface area (Å²) in [5.74, 6) is -0.676. The minimum Gasteiger partial charge on any atom is -0.494 e. The molecule has 144 valence electrons. The number of hydrogen-bond acceptors (Lipinski definition) is 6. The summed E-state index contributed by atoms with van der Waals surface area (Å²) in [6.07, 6.45) is 0. The van der Waals surface area contributed by atoms with E-state index in [0.717, 1.165) is 4.90 Å². The molecule has 1 aliphatic heterocycles. The molecule has 1 aliphatic rings. The quantitative estimate of drug-likeness (QED) is 0.445. The van der Waals surface area contributed by atoms with Gasteiger partial charge in [-0.05, 0) is 18.2 Å². The maximum absolute atomic E-state index is 12.2. The van der Waals surface area contributed by atoms with E-state index in [1.165, 1.54) is 25.3 Å². The Labute approximate surface area is 159 Å². The highest BCUT2D eigenvalue weighted by molar-refractivity contribution is 6.21. The molecule has 2 N–H and O–H groups in total. The highest BCUT2D eigenvalue weighted by atomic mass is 16.6. The van der Waals surface area contributed by atoms with Crippen molar-refractivity contribution in [3.8, 4) is 5.75 Å². The van der Waals surface area contributed by atoms with Crippen molar-refractivity contribution >= 4 is 29.2 Å². The Bertz CT molecular complexity index is 939. The van der Waals surface area contributed by atoms with Crippen LogP contribution in [-0.2, 0) is 0 Å². The number of amides is 4. The van der Waals surface area contributed by atoms with Gasteiger partial charge in [0.15, 0.2) is 0 Å². The zero-order valence-corrected chi connectivity index (χ0v) is 14.8. The fraction of sp³-hybridized carbons (Fsp3) is 0.167. The van der Waals surface area contributed by atoms with Crippen molar-refractivity contribution in [3.05, 3.63) is 63.7 Å². The number of carbonyl (C=O) groups is 3. The zero-order valence-electron chi connectivity index (χ0n) is 14.8. The number of fused-ring (bicyclic) bond motifs is 1. The van der Waals surface area contributed by atoms with Crippen molar-refractivity contribution in [2.24, 2.45) is 0 Å². The maximum Gasteiger partial charge on any atom is 0.319 e. The lowest BCUT2D eigenvalue weighted by atomic mass is 10.1. The highest BCUT2D eigenvalue weighted by Crippen LogP contribution is 2.28. The monoisotopic (exact) mass is 384 g/mol. The molecule has 3 rings (SSSR count). The molecule has 0 atom stereocenters. The summed E-state index contributed by atoms with van der Waals surface area (Å²) in [4.78, 5) is 47.8. The smallest absolute Gasteiger partial charge is 0.319 e. The number of anilines is 1. The molecule has 0 aliphatic carbocycles. The van der Waals surface area contributed by atoms with Gasteiger partial charge in [-0.1, -0.05) is 12.1 Å². The largest absolute Gasteiger partial charge is 0.494 e. The second-order valence-electron chi connectivity index (χ2n) is 5.83. The molecule has 0 aromatic heterocycles. The number of nitrogens with zero attached hydrogens (tertiary/aromatic N) is 2. The van der Waals surface area contributed by atoms with Gasteiger partial charge in [-0.15, -0.1) is 0 Å². The van der Waals surface area contributed by atoms with Crippen molar-refractivity contribution < 1.29 is 24.0 Å². The third kappa shape index (κ3) is 3.61. The number of urea groups is 1. The second-order valence-corrected chi connectivity index (χ2v) is 5.83. The SMILES string of the molecule is COc1cc([N+](=O)[O-])ccc1NC(=O)NCCN1C(=O)c2ccccc2C1=O. The number of methoxy groups -OCH3 is 1. The first-order chi connectivity index (χ1) is 13.4. The molecular formula is C18H16N4O6. The average molecular weight is 384 g/mol. The first-order valence-electron chi connectivity index (χ1n) is 8.25. The molecule has 2 aromatic rings. The summed E-state index contributed by atoms with van der Waals surface area (Å²) in [7, 11) is 1.32. The van der Waals surface area contributed by atoms with E-state index in [4.69, 9.17) is 4.74 Å². The number of ether oxygens (including phenoxy) is 1. The van der Waals surface area contributed by atoms with Crippen molar-refractivity contribution in [1.29, 1.82) is 0 Å². The van der Waals surface area contributed by atoms with Crippen LogP contribution >= 0.6 is 0 Å². The highest BCUT2D eigenvalue weighted by Gasteiger charge is 2.34. The lowest BCUT2D eigenvalue weighted by molar-refractivity contribution is -0.384. The number of hydrogen-bond donors (Lipinski definition) is 2. The van der Waals surface area contributed by atoms with Gasteiger partial charge in [0.05, 0.1) is 34.9 Å². The molecule has 0 unspecified atom stereocenters. The van der Waals surface area contributed by atoms with Crippen LogP contribution < -0.4 is 15.4 Å². The summed E-state index contributed by atoms with van der Waals surface area (Å²) < 4.78 is 5.04. The molecule has 0 spiro atoms. The summed E-state index contributed by atoms with van der Waals surface area (Å²) in [5, 5.41) is 15.8. The van der Waals surface area contributed by atoms with Crippen LogP contribution in [0.5, 0.6) is 5.75 Å². The predicted octanol–water partition coefficient (Wildman–Crippen LogP) is 2.02. The Morgan fingerprint density at radius 2 is 1.79 bits per heavy atom. The Hall–Kier alpha value is -3.95. The van der Waals surface area contributed by atoms with Crippen LogP contribution in [0, 0.1) is 10.1 Å². The van der Waals surface area contributed by atoms with Gasteiger partial charge < -0.3 is 15.4 Å². The fourth-order valence-corrected chi connectivity index (χ4v) is 2.79. The second kappa shape index (κ2) is 7.74. The summed E-state index contributed by atoms with van der Waals surface area (Å²) in [6.45, 7) is 0.0454. The Kier molecular flexibility index (Phi) is 5.21. The summed E-state index contributed by atoms with van der Waals surface area (Å²) in [5.41, 5.74) is 0.750. The molecule has 10 heteroatoms. The van der Waals surface area contributed by atoms with E-state index in [0.29, 0.717) is 11.1 Å². The molecule has 0 fully saturated rings. The third-order valence-corrected chi connectivity index (χ3v) is 4.14. The molecule has 28 heavy (non-hydrogen) atoms. The van der Waals surface area contributed by atoms with E-state index in [-0.39, 0.29) is 30.2 Å². The van der Waals surface area contributed by atoms with E-state index in [1.54, 1.807) is 24.3 Å². The Balaban J connectivity index is 1.57. The number of nitro groups is 1. The molecule has 4 amide bonds. The normalized spacial score (nSPS) is 12.5. The lowest BCUT2D eigenvalue weighted by Gasteiger charge is -2.15. The number of carbonyl (C=O) groups excluding carboxylic acids is 3. The first-order valence-corrected chi connectivity index (χ1v) is 8.25. The molecule has 0 bridgehead atoms. The van der Waals surface area contributed by atoms with Gasteiger partial charge >= 0.3 is 6.03 Å². The van der Waals surface area contributed by atoms with Crippen molar-refractivity contribution in [1.82, 2.24) is 10.2 Å². The first kappa shape index (κ1) is 18.8. The van der Waals surface area contributed by atoms with Crippen LogP contribution in [0.15, 0.2) is 42.5 Å². The van der Waals surface area contributed by atoms with Crippen molar-refractivity contribution in [2.45, 2.75) is 0 Å². The molecule has 1 heterocycles. The number of nitrogens with one attached hydrogen (secondary N) is 2. The Morgan fingerprint density at radius 1 is 1.14 bits per heavy atom. The summed E-state index contributed by atoms with van der Waals surface area (Å²) in [6, 6.07) is 9.68. The lowest BCUT2D eigenvalue weighted by Crippen LogP contribution is -2.39. The van der Waals surface area contributed by atoms with Gasteiger partial charge in [-0.2, -0.15) is 0 Å². The van der Waals surface area contributed by atoms with Crippen molar-refractivity contribution in [2.75, 3.05) is 25.5 Å². The van der Waals surface area contributed by atoms with Gasteiger partial charge in [0.2, 0.25) is 0 Å². The van der Waals surface area contributed by atoms with E-state index in [9.17, 15) is 24.5 Å². The third-order valence-electron chi connectivity index (χ3n) is 4.14. The van der Waals surface area contributed by atoms with Crippen LogP contribution in [0.1, 0.15) is 20.7 Å². The van der Waals surface area contributed by atoms with Crippen LogP contribution in [0.3, 0.4) is 0 Å². The minimum atomic E-state index is -0.608. The van der Waals surface area contributed by atoms with Gasteiger partial charge in [0, 0.05) is 19.2 Å². The number of imide groups is 1. The molecule has 0 radical (unpaired) electrons. The standard InChI is InChI=1S/C18H16N4O6/c1-28-15-10-11(22(26)27)6-7-14(15)20-18(25)19-8-9-21-16(23)12-4-2-3-5-13(12)17(21)24/h2-7,10H,8-9H2,1H3,(H2,19,20,25). The van der Waals surface area contributed by atoms with Crippen LogP contribution in [0.4, 0.5) is 16.2 Å². The molecule has 2 aromatic carbocycles. The predicted molar refractivity (Wildman–Crippen MR) is 98.5 cm³/mol. The van der Waals surface area contributed by atoms with Crippen LogP contribution in [0.2, 0.25) is 0 Å². The molecule has 10 nitrogen and oxygen atoms in total. The van der Waals surface area contributed by atoms with E-state index >= 15 is 0 Å². The van der Waals surface area contributed by atoms with Gasteiger partial charge in [0.25, 0.3) is 17.5 Å². The number of nitro benzene ring substituents is 1. The topological polar surface area (TPSA) is 131 Å². The zero-order chi connectivity index (χ0) is 20.3. The molecular weight excluding hydrogens is 368 g/mol. The number of non-ortho nitro benzene ring substituents is 1. The maximum atomic E-state index is 12.2. The van der Waals surface area contributed by atoms with Crippen molar-refractivity contribution in [3.63, 3.8) is 0 Å². The van der Waals surface area contributed by atoms with E-state index in [1.807, 2.05) is 0 Å². The summed E-state index contributed by atoms with van der Waals surface area (Å²) >= 11 is 0. The van der Waals surface area contributed by atoms with Gasteiger partial charge in [-0.25, -0.2) is 4.79 Å². The van der Waals surface area contributed by atoms with Crippen LogP contribution in [0.25, 0.3) is 0 Å². The molecule has 0 saturated carbocycles. The van der Waals surface area contributed by atoms with Gasteiger partial charge in [-0.3, -0.25) is 24.6 Å². The number of rotatable bonds is 6. The number of benzene rings is 2. The van der Waals surface area contributed by atoms with E-state index in [2.05, 4.69) is 10.6 Å². The van der Waals surface area contributed by atoms with E-state index < -0.39 is 22.8 Å². The molecule has 0 saturated heterocycles. The Morgan fingerprint density at radius 3 is 2.36 bits per heavy atom. The average Bonchev–Trinajstić information content (AvgIpc) is 2.93. The van der Waals surface area contributed by atoms with Gasteiger partial charge in [0.1, 0.15) is 5.75 Å².